The number of sulfonamides is 1. The molecule has 2 aliphatic heterocycles. The van der Waals surface area contributed by atoms with Gasteiger partial charge < -0.3 is 4.90 Å². The molecule has 4 rings (SSSR count). The summed E-state index contributed by atoms with van der Waals surface area (Å²) in [5.74, 6) is -0.787. The molecule has 2 aromatic carbocycles. The van der Waals surface area contributed by atoms with E-state index in [2.05, 4.69) is 0 Å². The number of piperazine rings is 1. The fraction of sp³-hybridized carbons (Fsp3) is 0.333. The second-order valence-corrected chi connectivity index (χ2v) is 10.2. The number of quaternary nitrogens is 1. The molecule has 0 saturated carbocycles. The molecule has 0 bridgehead atoms. The van der Waals surface area contributed by atoms with Crippen LogP contribution < -0.4 is 9.80 Å². The third kappa shape index (κ3) is 4.50. The number of nitrogens with zero attached hydrogens (tertiary/aromatic N) is 2. The van der Waals surface area contributed by atoms with Crippen LogP contribution in [0.3, 0.4) is 0 Å². The maximum absolute atomic E-state index is 13.3. The molecule has 0 aliphatic carbocycles. The molecule has 0 aromatic heterocycles. The van der Waals surface area contributed by atoms with Crippen molar-refractivity contribution in [1.82, 2.24) is 4.31 Å². The number of halogens is 4. The average Bonchev–Trinajstić information content (AvgIpc) is 3.07. The molecule has 2 aromatic rings. The van der Waals surface area contributed by atoms with Gasteiger partial charge in [0.25, 0.3) is 5.91 Å². The summed E-state index contributed by atoms with van der Waals surface area (Å²) in [5.41, 5.74) is -0.849. The van der Waals surface area contributed by atoms with Crippen molar-refractivity contribution in [2.24, 2.45) is 0 Å². The maximum atomic E-state index is 13.3. The number of anilines is 1. The first-order valence-electron chi connectivity index (χ1n) is 10.1. The van der Waals surface area contributed by atoms with E-state index in [1.54, 1.807) is 18.2 Å². The zero-order valence-electron chi connectivity index (χ0n) is 17.2. The van der Waals surface area contributed by atoms with Crippen molar-refractivity contribution in [3.63, 3.8) is 0 Å². The molecule has 7 nitrogen and oxygen atoms in total. The van der Waals surface area contributed by atoms with Gasteiger partial charge in [0.2, 0.25) is 15.9 Å². The molecule has 0 radical (unpaired) electrons. The van der Waals surface area contributed by atoms with Crippen LogP contribution in [0.4, 0.5) is 18.9 Å². The van der Waals surface area contributed by atoms with Crippen molar-refractivity contribution in [2.45, 2.75) is 23.5 Å². The van der Waals surface area contributed by atoms with E-state index in [0.717, 1.165) is 27.4 Å². The van der Waals surface area contributed by atoms with E-state index in [0.29, 0.717) is 15.6 Å². The highest BCUT2D eigenvalue weighted by molar-refractivity contribution is 7.89. The molecule has 12 heteroatoms. The third-order valence-electron chi connectivity index (χ3n) is 5.88. The molecule has 2 saturated heterocycles. The first kappa shape index (κ1) is 23.7. The van der Waals surface area contributed by atoms with Crippen molar-refractivity contribution in [3.8, 4) is 0 Å². The van der Waals surface area contributed by atoms with Gasteiger partial charge in [-0.25, -0.2) is 13.3 Å². The highest BCUT2D eigenvalue weighted by atomic mass is 35.5. The summed E-state index contributed by atoms with van der Waals surface area (Å²) >= 11 is 5.97. The second-order valence-electron chi connectivity index (χ2n) is 7.86. The second kappa shape index (κ2) is 8.71. The number of alkyl halides is 3. The Labute approximate surface area is 193 Å². The van der Waals surface area contributed by atoms with Gasteiger partial charge in [-0.2, -0.15) is 17.5 Å². The molecule has 0 spiro atoms. The quantitative estimate of drug-likeness (QED) is 0.644. The summed E-state index contributed by atoms with van der Waals surface area (Å²) in [5, 5.41) is 0.377. The Morgan fingerprint density at radius 3 is 2.30 bits per heavy atom. The van der Waals surface area contributed by atoms with Gasteiger partial charge >= 0.3 is 6.18 Å². The standard InChI is InChI=1S/C21H19ClF3N3O4S/c22-14-4-3-5-15(12-14)28-19(29)13-17(20(28)30)26-8-10-27(11-9-26)33(31,32)18-7-2-1-6-16(18)21(23,24)25/h1-7,12,17H,8-11,13H2/p+1/t17-/m0/s1. The fourth-order valence-electron chi connectivity index (χ4n) is 4.26. The molecule has 33 heavy (non-hydrogen) atoms. The van der Waals surface area contributed by atoms with Crippen molar-refractivity contribution in [3.05, 3.63) is 59.1 Å². The molecule has 1 N–H and O–H groups in total. The Balaban J connectivity index is 1.49. The Kier molecular flexibility index (Phi) is 6.25. The van der Waals surface area contributed by atoms with Crippen LogP contribution in [-0.4, -0.2) is 56.8 Å². The number of hydrogen-bond donors (Lipinski definition) is 1. The summed E-state index contributed by atoms with van der Waals surface area (Å²) in [7, 11) is -4.38. The lowest BCUT2D eigenvalue weighted by Gasteiger charge is -2.34. The minimum atomic E-state index is -4.81. The lowest BCUT2D eigenvalue weighted by atomic mass is 10.2. The first-order chi connectivity index (χ1) is 15.5. The number of nitrogens with one attached hydrogen (secondary N) is 1. The van der Waals surface area contributed by atoms with Crippen LogP contribution >= 0.6 is 11.6 Å². The minimum Gasteiger partial charge on any atom is -0.322 e. The van der Waals surface area contributed by atoms with Gasteiger partial charge in [0.15, 0.2) is 6.04 Å². The van der Waals surface area contributed by atoms with Crippen LogP contribution in [0.5, 0.6) is 0 Å². The normalized spacial score (nSPS) is 21.1. The summed E-state index contributed by atoms with van der Waals surface area (Å²) in [4.78, 5) is 26.5. The highest BCUT2D eigenvalue weighted by Gasteiger charge is 2.47. The van der Waals surface area contributed by atoms with Crippen LogP contribution in [0.15, 0.2) is 53.4 Å². The van der Waals surface area contributed by atoms with Crippen molar-refractivity contribution >= 4 is 39.1 Å². The largest absolute Gasteiger partial charge is 0.417 e. The molecule has 2 aliphatic rings. The van der Waals surface area contributed by atoms with Crippen LogP contribution in [0.2, 0.25) is 5.02 Å². The van der Waals surface area contributed by atoms with Crippen molar-refractivity contribution < 1.29 is 36.1 Å². The van der Waals surface area contributed by atoms with Gasteiger partial charge in [0.1, 0.15) is 0 Å². The molecular weight excluding hydrogens is 483 g/mol. The van der Waals surface area contributed by atoms with Crippen molar-refractivity contribution in [1.29, 1.82) is 0 Å². The van der Waals surface area contributed by atoms with E-state index in [4.69, 9.17) is 11.6 Å². The smallest absolute Gasteiger partial charge is 0.322 e. The summed E-state index contributed by atoms with van der Waals surface area (Å²) in [6, 6.07) is 9.73. The van der Waals surface area contributed by atoms with Gasteiger partial charge in [0.05, 0.1) is 48.7 Å². The third-order valence-corrected chi connectivity index (χ3v) is 8.07. The SMILES string of the molecule is O=C1C[C@H]([NH+]2CCN(S(=O)(=O)c3ccccc3C(F)(F)F)CC2)C(=O)N1c1cccc(Cl)c1. The first-order valence-corrected chi connectivity index (χ1v) is 12.0. The molecule has 2 amide bonds. The Bertz CT molecular complexity index is 1200. The summed E-state index contributed by atoms with van der Waals surface area (Å²) in [6.45, 7) is 0.221. The van der Waals surface area contributed by atoms with E-state index >= 15 is 0 Å². The van der Waals surface area contributed by atoms with Gasteiger partial charge in [-0.05, 0) is 30.3 Å². The summed E-state index contributed by atoms with van der Waals surface area (Å²) in [6.07, 6.45) is -4.85. The van der Waals surface area contributed by atoms with E-state index in [-0.39, 0.29) is 38.5 Å². The summed E-state index contributed by atoms with van der Waals surface area (Å²) < 4.78 is 66.9. The van der Waals surface area contributed by atoms with Crippen molar-refractivity contribution in [2.75, 3.05) is 31.1 Å². The molecule has 2 heterocycles. The number of hydrogen-bond acceptors (Lipinski definition) is 4. The number of carbonyl (C=O) groups is 2. The number of amides is 2. The maximum Gasteiger partial charge on any atom is 0.417 e. The Hall–Kier alpha value is -2.47. The predicted octanol–water partition coefficient (Wildman–Crippen LogP) is 1.58. The molecular formula is C21H20ClF3N3O4S+. The van der Waals surface area contributed by atoms with E-state index in [1.807, 2.05) is 0 Å². The van der Waals surface area contributed by atoms with E-state index in [1.165, 1.54) is 12.1 Å². The monoisotopic (exact) mass is 502 g/mol. The average molecular weight is 503 g/mol. The topological polar surface area (TPSA) is 79.2 Å². The Morgan fingerprint density at radius 1 is 1.00 bits per heavy atom. The minimum absolute atomic E-state index is 0.0374. The molecule has 0 unspecified atom stereocenters. The number of imide groups is 1. The zero-order valence-corrected chi connectivity index (χ0v) is 18.8. The lowest BCUT2D eigenvalue weighted by molar-refractivity contribution is -0.918. The van der Waals surface area contributed by atoms with E-state index in [9.17, 15) is 31.2 Å². The predicted molar refractivity (Wildman–Crippen MR) is 113 cm³/mol. The zero-order chi connectivity index (χ0) is 24.0. The van der Waals surface area contributed by atoms with Gasteiger partial charge in [-0.3, -0.25) is 9.59 Å². The number of rotatable bonds is 4. The fourth-order valence-corrected chi connectivity index (χ4v) is 6.10. The van der Waals surface area contributed by atoms with Gasteiger partial charge in [-0.15, -0.1) is 0 Å². The van der Waals surface area contributed by atoms with E-state index < -0.39 is 38.6 Å². The van der Waals surface area contributed by atoms with Crippen LogP contribution in [0.1, 0.15) is 12.0 Å². The van der Waals surface area contributed by atoms with Gasteiger partial charge in [0, 0.05) is 5.02 Å². The Morgan fingerprint density at radius 2 is 1.67 bits per heavy atom. The van der Waals surface area contributed by atoms with Crippen LogP contribution in [0, 0.1) is 0 Å². The van der Waals surface area contributed by atoms with Gasteiger partial charge in [-0.1, -0.05) is 29.8 Å². The molecule has 176 valence electrons. The van der Waals surface area contributed by atoms with Crippen LogP contribution in [-0.2, 0) is 25.8 Å². The lowest BCUT2D eigenvalue weighted by Crippen LogP contribution is -3.19. The molecule has 1 atom stereocenters. The van der Waals surface area contributed by atoms with Crippen LogP contribution in [0.25, 0.3) is 0 Å². The molecule has 2 fully saturated rings. The highest BCUT2D eigenvalue weighted by Crippen LogP contribution is 2.35. The number of carbonyl (C=O) groups excluding carboxylic acids is 2. The number of benzene rings is 2.